The first-order chi connectivity index (χ1) is 18.5. The molecular weight excluding hydrogens is 472 g/mol. The van der Waals surface area contributed by atoms with Crippen molar-refractivity contribution < 1.29 is 4.79 Å². The average Bonchev–Trinajstić information content (AvgIpc) is 2.95. The molecule has 2 aliphatic heterocycles. The van der Waals surface area contributed by atoms with Crippen LogP contribution in [-0.4, -0.2) is 72.5 Å². The number of hydrogen-bond acceptors (Lipinski definition) is 6. The zero-order chi connectivity index (χ0) is 26.8. The fourth-order valence-corrected chi connectivity index (χ4v) is 6.27. The average molecular weight is 511 g/mol. The lowest BCUT2D eigenvalue weighted by molar-refractivity contribution is -0.107. The molecule has 1 amide bonds. The Balaban J connectivity index is 1.40. The van der Waals surface area contributed by atoms with Crippen LogP contribution in [-0.2, 0) is 17.8 Å². The predicted molar refractivity (Wildman–Crippen MR) is 153 cm³/mol. The number of piperazine rings is 1. The van der Waals surface area contributed by atoms with Crippen molar-refractivity contribution in [1.29, 1.82) is 5.26 Å². The van der Waals surface area contributed by atoms with Gasteiger partial charge in [-0.2, -0.15) is 5.26 Å². The minimum atomic E-state index is 0.334. The van der Waals surface area contributed by atoms with Gasteiger partial charge in [-0.05, 0) is 80.9 Å². The number of fused-ring (bicyclic) bond motifs is 3. The molecule has 0 radical (unpaired) electrons. The Morgan fingerprint density at radius 3 is 2.76 bits per heavy atom. The number of benzene rings is 2. The highest BCUT2D eigenvalue weighted by atomic mass is 16.1. The number of rotatable bonds is 8. The maximum Gasteiger partial charge on any atom is 0.214 e. The summed E-state index contributed by atoms with van der Waals surface area (Å²) in [6.45, 7) is 11.1. The molecule has 198 valence electrons. The normalized spacial score (nSPS) is 20.1. The molecule has 3 heterocycles. The second-order valence-corrected chi connectivity index (χ2v) is 10.8. The van der Waals surface area contributed by atoms with Crippen LogP contribution < -0.4 is 9.80 Å². The van der Waals surface area contributed by atoms with E-state index in [9.17, 15) is 10.1 Å². The van der Waals surface area contributed by atoms with E-state index < -0.39 is 0 Å². The lowest BCUT2D eigenvalue weighted by Gasteiger charge is -2.49. The van der Waals surface area contributed by atoms with Gasteiger partial charge in [0.1, 0.15) is 6.07 Å². The maximum absolute atomic E-state index is 12.1. The number of nitrogens with zero attached hydrogens (tertiary/aromatic N) is 6. The van der Waals surface area contributed by atoms with E-state index in [0.717, 1.165) is 67.7 Å². The number of hydrogen-bond donors (Lipinski definition) is 0. The van der Waals surface area contributed by atoms with Crippen LogP contribution in [0.3, 0.4) is 0 Å². The monoisotopic (exact) mass is 510 g/mol. The van der Waals surface area contributed by atoms with Crippen LogP contribution in [0.15, 0.2) is 48.7 Å². The number of carbonyl (C=O) groups is 1. The smallest absolute Gasteiger partial charge is 0.214 e. The molecule has 2 aliphatic rings. The summed E-state index contributed by atoms with van der Waals surface area (Å²) in [4.78, 5) is 25.9. The van der Waals surface area contributed by atoms with Gasteiger partial charge in [-0.15, -0.1) is 0 Å². The number of nitriles is 1. The van der Waals surface area contributed by atoms with Crippen molar-refractivity contribution in [3.63, 3.8) is 0 Å². The van der Waals surface area contributed by atoms with E-state index in [1.165, 1.54) is 11.1 Å². The SMILES string of the molecule is CCC(CN(C=O)c1ccc2c(c1)CC1CN(c3ccc(C#N)c4ncccc34)CC(C)N1C2)N(C)CC. The highest BCUT2D eigenvalue weighted by Gasteiger charge is 2.36. The topological polar surface area (TPSA) is 66.7 Å². The van der Waals surface area contributed by atoms with Crippen molar-refractivity contribution >= 4 is 28.7 Å². The molecule has 3 aromatic rings. The molecule has 7 heteroatoms. The Morgan fingerprint density at radius 1 is 1.18 bits per heavy atom. The zero-order valence-electron chi connectivity index (χ0n) is 23.0. The van der Waals surface area contributed by atoms with Crippen molar-refractivity contribution in [2.75, 3.05) is 43.0 Å². The first-order valence-electron chi connectivity index (χ1n) is 13.8. The second-order valence-electron chi connectivity index (χ2n) is 10.8. The lowest BCUT2D eigenvalue weighted by Crippen LogP contribution is -2.59. The second kappa shape index (κ2) is 11.1. The molecule has 3 unspecified atom stereocenters. The standard InChI is InChI=1S/C31H38N6O/c1-5-26(34(4)6-2)19-36(21-38)27-11-9-24-18-37-22(3)17-35(20-28(37)15-25(24)14-27)30-12-10-23(16-32)31-29(30)8-7-13-33-31/h7-14,21-22,26,28H,5-6,15,17-20H2,1-4H3. The Labute approximate surface area is 226 Å². The molecule has 0 N–H and O–H groups in total. The number of anilines is 2. The van der Waals surface area contributed by atoms with E-state index in [1.54, 1.807) is 6.20 Å². The van der Waals surface area contributed by atoms with E-state index >= 15 is 0 Å². The highest BCUT2D eigenvalue weighted by Crippen LogP contribution is 2.35. The van der Waals surface area contributed by atoms with Crippen molar-refractivity contribution in [3.05, 3.63) is 65.4 Å². The van der Waals surface area contributed by atoms with Gasteiger partial charge in [-0.3, -0.25) is 14.7 Å². The predicted octanol–water partition coefficient (Wildman–Crippen LogP) is 4.43. The zero-order valence-corrected chi connectivity index (χ0v) is 23.0. The largest absolute Gasteiger partial charge is 0.368 e. The van der Waals surface area contributed by atoms with Crippen LogP contribution >= 0.6 is 0 Å². The highest BCUT2D eigenvalue weighted by molar-refractivity contribution is 5.95. The van der Waals surface area contributed by atoms with Gasteiger partial charge < -0.3 is 14.7 Å². The molecule has 5 rings (SSSR count). The molecule has 0 aliphatic carbocycles. The molecule has 0 saturated carbocycles. The molecular formula is C31H38N6O. The summed E-state index contributed by atoms with van der Waals surface area (Å²) in [7, 11) is 2.13. The fourth-order valence-electron chi connectivity index (χ4n) is 6.27. The molecule has 1 saturated heterocycles. The van der Waals surface area contributed by atoms with Crippen molar-refractivity contribution in [2.45, 2.75) is 58.3 Å². The van der Waals surface area contributed by atoms with Gasteiger partial charge in [0, 0.05) is 67.3 Å². The summed E-state index contributed by atoms with van der Waals surface area (Å²) in [5.41, 5.74) is 6.23. The molecule has 2 aromatic carbocycles. The molecule has 7 nitrogen and oxygen atoms in total. The van der Waals surface area contributed by atoms with E-state index in [0.29, 0.717) is 30.2 Å². The summed E-state index contributed by atoms with van der Waals surface area (Å²) >= 11 is 0. The molecule has 0 spiro atoms. The van der Waals surface area contributed by atoms with E-state index in [-0.39, 0.29) is 0 Å². The van der Waals surface area contributed by atoms with Gasteiger partial charge in [-0.1, -0.05) is 19.9 Å². The Morgan fingerprint density at radius 2 is 2.03 bits per heavy atom. The molecule has 1 aromatic heterocycles. The van der Waals surface area contributed by atoms with Crippen molar-refractivity contribution in [2.24, 2.45) is 0 Å². The van der Waals surface area contributed by atoms with Crippen LogP contribution in [0.1, 0.15) is 43.9 Å². The molecule has 1 fully saturated rings. The number of carbonyl (C=O) groups excluding carboxylic acids is 1. The minimum Gasteiger partial charge on any atom is -0.368 e. The van der Waals surface area contributed by atoms with Crippen LogP contribution in [0.4, 0.5) is 11.4 Å². The summed E-state index contributed by atoms with van der Waals surface area (Å²) < 4.78 is 0. The lowest BCUT2D eigenvalue weighted by atomic mass is 9.89. The summed E-state index contributed by atoms with van der Waals surface area (Å²) in [6.07, 6.45) is 4.70. The maximum atomic E-state index is 12.1. The molecule has 0 bridgehead atoms. The van der Waals surface area contributed by atoms with Gasteiger partial charge in [0.25, 0.3) is 0 Å². The van der Waals surface area contributed by atoms with Crippen LogP contribution in [0, 0.1) is 11.3 Å². The van der Waals surface area contributed by atoms with Gasteiger partial charge >= 0.3 is 0 Å². The summed E-state index contributed by atoms with van der Waals surface area (Å²) in [5.74, 6) is 0. The van der Waals surface area contributed by atoms with E-state index in [1.807, 2.05) is 17.0 Å². The summed E-state index contributed by atoms with van der Waals surface area (Å²) in [5, 5.41) is 10.6. The molecule has 3 atom stereocenters. The number of aromatic nitrogens is 1. The van der Waals surface area contributed by atoms with Gasteiger partial charge in [-0.25, -0.2) is 0 Å². The van der Waals surface area contributed by atoms with E-state index in [4.69, 9.17) is 0 Å². The van der Waals surface area contributed by atoms with Crippen LogP contribution in [0.5, 0.6) is 0 Å². The quantitative estimate of drug-likeness (QED) is 0.418. The first-order valence-corrected chi connectivity index (χ1v) is 13.8. The van der Waals surface area contributed by atoms with Crippen molar-refractivity contribution in [3.8, 4) is 6.07 Å². The number of amides is 1. The van der Waals surface area contributed by atoms with Crippen LogP contribution in [0.25, 0.3) is 10.9 Å². The first kappa shape index (κ1) is 26.1. The number of likely N-dealkylation sites (N-methyl/N-ethyl adjacent to an activating group) is 1. The Kier molecular flexibility index (Phi) is 7.64. The number of pyridine rings is 1. The van der Waals surface area contributed by atoms with Gasteiger partial charge in [0.05, 0.1) is 11.1 Å². The van der Waals surface area contributed by atoms with Gasteiger partial charge in [0.15, 0.2) is 0 Å². The third-order valence-electron chi connectivity index (χ3n) is 8.62. The van der Waals surface area contributed by atoms with Gasteiger partial charge in [0.2, 0.25) is 6.41 Å². The Hall–Kier alpha value is -3.47. The minimum absolute atomic E-state index is 0.334. The van der Waals surface area contributed by atoms with Crippen molar-refractivity contribution in [1.82, 2.24) is 14.8 Å². The third kappa shape index (κ3) is 4.87. The van der Waals surface area contributed by atoms with E-state index in [2.05, 4.69) is 83.9 Å². The molecule has 38 heavy (non-hydrogen) atoms. The third-order valence-corrected chi connectivity index (χ3v) is 8.62. The summed E-state index contributed by atoms with van der Waals surface area (Å²) in [6, 6.07) is 18.0. The Bertz CT molecular complexity index is 1350. The van der Waals surface area contributed by atoms with Crippen LogP contribution in [0.2, 0.25) is 0 Å². The fraction of sp³-hybridized carbons (Fsp3) is 0.452.